The molecule has 6 heteroatoms. The molecule has 0 aliphatic rings. The molecule has 0 fully saturated rings. The van der Waals surface area contributed by atoms with Crippen molar-refractivity contribution in [3.63, 3.8) is 0 Å². The Hall–Kier alpha value is -3.64. The van der Waals surface area contributed by atoms with Crippen molar-refractivity contribution in [1.29, 1.82) is 0 Å². The Bertz CT molecular complexity index is 1230. The fourth-order valence-electron chi connectivity index (χ4n) is 3.23. The van der Waals surface area contributed by atoms with E-state index in [1.54, 1.807) is 6.21 Å². The van der Waals surface area contributed by atoms with Crippen LogP contribution in [0.1, 0.15) is 11.1 Å². The second-order valence-electron chi connectivity index (χ2n) is 7.15. The first-order valence-corrected chi connectivity index (χ1v) is 11.0. The molecule has 2 N–H and O–H groups in total. The summed E-state index contributed by atoms with van der Waals surface area (Å²) in [5.41, 5.74) is 5.36. The van der Waals surface area contributed by atoms with Gasteiger partial charge in [-0.25, -0.2) is 5.43 Å². The zero-order chi connectivity index (χ0) is 22.2. The summed E-state index contributed by atoms with van der Waals surface area (Å²) in [7, 11) is 0. The van der Waals surface area contributed by atoms with Gasteiger partial charge in [-0.05, 0) is 58.3 Å². The molecule has 4 aromatic carbocycles. The number of amides is 1. The van der Waals surface area contributed by atoms with Gasteiger partial charge in [-0.1, -0.05) is 70.5 Å². The van der Waals surface area contributed by atoms with Gasteiger partial charge in [0.15, 0.2) is 0 Å². The number of hydrogen-bond donors (Lipinski definition) is 2. The first kappa shape index (κ1) is 21.6. The molecule has 0 saturated heterocycles. The number of benzene rings is 4. The predicted molar refractivity (Wildman–Crippen MR) is 133 cm³/mol. The van der Waals surface area contributed by atoms with Gasteiger partial charge in [0.05, 0.1) is 12.8 Å². The van der Waals surface area contributed by atoms with Gasteiger partial charge in [-0.15, -0.1) is 0 Å². The number of carbonyl (C=O) groups excluding carboxylic acids is 1. The number of anilines is 1. The average Bonchev–Trinajstić information content (AvgIpc) is 2.83. The molecule has 160 valence electrons. The molecule has 0 aliphatic heterocycles. The molecular formula is C26H22BrN3O2. The lowest BCUT2D eigenvalue weighted by molar-refractivity contribution is -0.119. The predicted octanol–water partition coefficient (Wildman–Crippen LogP) is 5.74. The first-order chi connectivity index (χ1) is 15.7. The largest absolute Gasteiger partial charge is 0.489 e. The van der Waals surface area contributed by atoms with Crippen LogP contribution in [0.2, 0.25) is 0 Å². The number of nitrogens with one attached hydrogen (secondary N) is 2. The number of carbonyl (C=O) groups is 1. The Labute approximate surface area is 195 Å². The van der Waals surface area contributed by atoms with Gasteiger partial charge in [0, 0.05) is 10.2 Å². The Balaban J connectivity index is 1.30. The number of rotatable bonds is 8. The zero-order valence-corrected chi connectivity index (χ0v) is 18.9. The molecule has 0 heterocycles. The van der Waals surface area contributed by atoms with Crippen molar-refractivity contribution >= 4 is 44.5 Å². The summed E-state index contributed by atoms with van der Waals surface area (Å²) < 4.78 is 6.99. The van der Waals surface area contributed by atoms with E-state index in [9.17, 15) is 4.79 Å². The molecular weight excluding hydrogens is 466 g/mol. The molecule has 0 unspecified atom stereocenters. The second-order valence-corrected chi connectivity index (χ2v) is 8.07. The maximum atomic E-state index is 12.0. The van der Waals surface area contributed by atoms with E-state index in [0.717, 1.165) is 27.0 Å². The van der Waals surface area contributed by atoms with Gasteiger partial charge < -0.3 is 10.1 Å². The summed E-state index contributed by atoms with van der Waals surface area (Å²) in [6.07, 6.45) is 1.60. The van der Waals surface area contributed by atoms with Crippen molar-refractivity contribution in [3.8, 4) is 5.75 Å². The van der Waals surface area contributed by atoms with Crippen molar-refractivity contribution < 1.29 is 9.53 Å². The van der Waals surface area contributed by atoms with Crippen LogP contribution in [0, 0.1) is 0 Å². The summed E-state index contributed by atoms with van der Waals surface area (Å²) in [6, 6.07) is 29.7. The summed E-state index contributed by atoms with van der Waals surface area (Å²) in [5, 5.41) is 9.47. The highest BCUT2D eigenvalue weighted by atomic mass is 79.9. The molecule has 0 saturated carbocycles. The monoisotopic (exact) mass is 487 g/mol. The van der Waals surface area contributed by atoms with E-state index in [1.165, 1.54) is 10.8 Å². The van der Waals surface area contributed by atoms with Gasteiger partial charge in [-0.2, -0.15) is 5.10 Å². The lowest BCUT2D eigenvalue weighted by Crippen LogP contribution is -2.25. The van der Waals surface area contributed by atoms with Crippen molar-refractivity contribution in [1.82, 2.24) is 5.43 Å². The minimum absolute atomic E-state index is 0.132. The van der Waals surface area contributed by atoms with Crippen LogP contribution in [-0.4, -0.2) is 18.7 Å². The van der Waals surface area contributed by atoms with E-state index in [2.05, 4.69) is 56.0 Å². The summed E-state index contributed by atoms with van der Waals surface area (Å²) >= 11 is 3.38. The highest BCUT2D eigenvalue weighted by Crippen LogP contribution is 2.21. The number of hydrogen-bond acceptors (Lipinski definition) is 4. The maximum Gasteiger partial charge on any atom is 0.259 e. The SMILES string of the molecule is O=C(CNc1ccc(Br)cc1)N/N=C\c1cccc(OCc2cccc3ccccc23)c1. The number of nitrogens with zero attached hydrogens (tertiary/aromatic N) is 1. The van der Waals surface area contributed by atoms with Crippen molar-refractivity contribution in [2.75, 3.05) is 11.9 Å². The topological polar surface area (TPSA) is 62.7 Å². The fraction of sp³-hybridized carbons (Fsp3) is 0.0769. The van der Waals surface area contributed by atoms with E-state index in [1.807, 2.05) is 66.7 Å². The van der Waals surface area contributed by atoms with Crippen LogP contribution in [0.4, 0.5) is 5.69 Å². The maximum absolute atomic E-state index is 12.0. The van der Waals surface area contributed by atoms with Crippen LogP contribution >= 0.6 is 15.9 Å². The summed E-state index contributed by atoms with van der Waals surface area (Å²) in [4.78, 5) is 12.0. The summed E-state index contributed by atoms with van der Waals surface area (Å²) in [5.74, 6) is 0.512. The third kappa shape index (κ3) is 5.95. The number of halogens is 1. The van der Waals surface area contributed by atoms with Crippen molar-refractivity contribution in [2.24, 2.45) is 5.10 Å². The molecule has 4 rings (SSSR count). The molecule has 0 spiro atoms. The molecule has 0 aliphatic carbocycles. The second kappa shape index (κ2) is 10.6. The Morgan fingerprint density at radius 3 is 2.59 bits per heavy atom. The quantitative estimate of drug-likeness (QED) is 0.246. The Morgan fingerprint density at radius 2 is 1.72 bits per heavy atom. The van der Waals surface area contributed by atoms with E-state index < -0.39 is 0 Å². The number of hydrazone groups is 1. The molecule has 0 aromatic heterocycles. The highest BCUT2D eigenvalue weighted by Gasteiger charge is 2.03. The first-order valence-electron chi connectivity index (χ1n) is 10.2. The Kier molecular flexibility index (Phi) is 7.15. The third-order valence-corrected chi connectivity index (χ3v) is 5.36. The van der Waals surface area contributed by atoms with Gasteiger partial charge >= 0.3 is 0 Å². The molecule has 0 atom stereocenters. The lowest BCUT2D eigenvalue weighted by Gasteiger charge is -2.09. The van der Waals surface area contributed by atoms with E-state index >= 15 is 0 Å². The number of ether oxygens (including phenoxy) is 1. The van der Waals surface area contributed by atoms with Gasteiger partial charge in [0.2, 0.25) is 0 Å². The smallest absolute Gasteiger partial charge is 0.259 e. The van der Waals surface area contributed by atoms with Crippen LogP contribution in [0.3, 0.4) is 0 Å². The Morgan fingerprint density at radius 1 is 0.938 bits per heavy atom. The van der Waals surface area contributed by atoms with Crippen LogP contribution in [0.15, 0.2) is 101 Å². The fourth-order valence-corrected chi connectivity index (χ4v) is 3.50. The molecule has 0 bridgehead atoms. The van der Waals surface area contributed by atoms with E-state index in [4.69, 9.17) is 4.74 Å². The van der Waals surface area contributed by atoms with Gasteiger partial charge in [0.25, 0.3) is 5.91 Å². The minimum atomic E-state index is -0.229. The van der Waals surface area contributed by atoms with Crippen molar-refractivity contribution in [2.45, 2.75) is 6.61 Å². The van der Waals surface area contributed by atoms with Crippen LogP contribution in [0.5, 0.6) is 5.75 Å². The molecule has 5 nitrogen and oxygen atoms in total. The zero-order valence-electron chi connectivity index (χ0n) is 17.3. The number of fused-ring (bicyclic) bond motifs is 1. The van der Waals surface area contributed by atoms with Crippen LogP contribution < -0.4 is 15.5 Å². The average molecular weight is 488 g/mol. The summed E-state index contributed by atoms with van der Waals surface area (Å²) in [6.45, 7) is 0.605. The molecule has 1 amide bonds. The van der Waals surface area contributed by atoms with Crippen LogP contribution in [-0.2, 0) is 11.4 Å². The van der Waals surface area contributed by atoms with Gasteiger partial charge in [-0.3, -0.25) is 4.79 Å². The van der Waals surface area contributed by atoms with E-state index in [0.29, 0.717) is 6.61 Å². The molecule has 4 aromatic rings. The lowest BCUT2D eigenvalue weighted by atomic mass is 10.1. The van der Waals surface area contributed by atoms with Gasteiger partial charge in [0.1, 0.15) is 12.4 Å². The standard InChI is InChI=1S/C26H22BrN3O2/c27-22-11-13-23(14-12-22)28-17-26(31)30-29-16-19-5-3-9-24(15-19)32-18-21-8-4-7-20-6-1-2-10-25(20)21/h1-16,28H,17-18H2,(H,30,31)/b29-16-. The van der Waals surface area contributed by atoms with Crippen molar-refractivity contribution in [3.05, 3.63) is 107 Å². The molecule has 32 heavy (non-hydrogen) atoms. The highest BCUT2D eigenvalue weighted by molar-refractivity contribution is 9.10. The third-order valence-electron chi connectivity index (χ3n) is 4.83. The molecule has 0 radical (unpaired) electrons. The normalized spacial score (nSPS) is 10.9. The van der Waals surface area contributed by atoms with E-state index in [-0.39, 0.29) is 12.5 Å². The minimum Gasteiger partial charge on any atom is -0.489 e. The van der Waals surface area contributed by atoms with Crippen LogP contribution in [0.25, 0.3) is 10.8 Å².